The van der Waals surface area contributed by atoms with Gasteiger partial charge in [0.15, 0.2) is 0 Å². The number of rotatable bonds is 5. The minimum atomic E-state index is 0.422. The molecule has 0 N–H and O–H groups in total. The van der Waals surface area contributed by atoms with Crippen LogP contribution in [-0.4, -0.2) is 6.61 Å². The van der Waals surface area contributed by atoms with E-state index in [-0.39, 0.29) is 0 Å². The lowest BCUT2D eigenvalue weighted by Crippen LogP contribution is -1.97. The van der Waals surface area contributed by atoms with Gasteiger partial charge in [-0.15, -0.1) is 0 Å². The van der Waals surface area contributed by atoms with E-state index in [1.165, 1.54) is 0 Å². The fraction of sp³-hybridized carbons (Fsp3) is 0.136. The topological polar surface area (TPSA) is 33.0 Å². The maximum atomic E-state index is 9.70. The van der Waals surface area contributed by atoms with E-state index in [0.29, 0.717) is 22.2 Å². The highest BCUT2D eigenvalue weighted by atomic mass is 35.5. The van der Waals surface area contributed by atoms with E-state index in [1.807, 2.05) is 42.5 Å². The van der Waals surface area contributed by atoms with Gasteiger partial charge >= 0.3 is 0 Å². The van der Waals surface area contributed by atoms with Crippen LogP contribution in [0.25, 0.3) is 22.4 Å². The molecule has 3 aromatic rings. The fourth-order valence-electron chi connectivity index (χ4n) is 2.75. The van der Waals surface area contributed by atoms with Crippen LogP contribution in [0.1, 0.15) is 24.5 Å². The third kappa shape index (κ3) is 3.85. The monoisotopic (exact) mass is 381 g/mol. The van der Waals surface area contributed by atoms with Gasteiger partial charge in [0, 0.05) is 5.56 Å². The number of nitrogens with zero attached hydrogens (tertiary/aromatic N) is 1. The Morgan fingerprint density at radius 2 is 1.88 bits per heavy atom. The highest BCUT2D eigenvalue weighted by Crippen LogP contribution is 2.33. The van der Waals surface area contributed by atoms with Gasteiger partial charge in [0.2, 0.25) is 0 Å². The Kier molecular flexibility index (Phi) is 5.83. The number of hydrogen-bond donors (Lipinski definition) is 0. The summed E-state index contributed by atoms with van der Waals surface area (Å²) in [7, 11) is 0. The van der Waals surface area contributed by atoms with E-state index in [4.69, 9.17) is 27.9 Å². The van der Waals surface area contributed by atoms with Crippen LogP contribution in [0.2, 0.25) is 10.0 Å². The molecule has 0 saturated heterocycles. The van der Waals surface area contributed by atoms with Crippen LogP contribution in [-0.2, 0) is 0 Å². The van der Waals surface area contributed by atoms with Crippen molar-refractivity contribution in [2.75, 3.05) is 6.61 Å². The molecule has 130 valence electrons. The van der Waals surface area contributed by atoms with Gasteiger partial charge in [0.05, 0.1) is 28.3 Å². The predicted octanol–water partition coefficient (Wildman–Crippen LogP) is 7.00. The maximum absolute atomic E-state index is 9.70. The molecule has 0 unspecified atom stereocenters. The van der Waals surface area contributed by atoms with Gasteiger partial charge < -0.3 is 4.74 Å². The van der Waals surface area contributed by atoms with Gasteiger partial charge in [0.25, 0.3) is 0 Å². The van der Waals surface area contributed by atoms with Crippen molar-refractivity contribution < 1.29 is 4.74 Å². The quantitative estimate of drug-likeness (QED) is 0.352. The molecule has 0 saturated carbocycles. The van der Waals surface area contributed by atoms with Crippen molar-refractivity contribution in [2.45, 2.75) is 13.3 Å². The highest BCUT2D eigenvalue weighted by Gasteiger charge is 2.10. The Morgan fingerprint density at radius 3 is 2.62 bits per heavy atom. The third-order valence-electron chi connectivity index (χ3n) is 4.03. The number of benzene rings is 3. The van der Waals surface area contributed by atoms with E-state index in [2.05, 4.69) is 13.0 Å². The minimum absolute atomic E-state index is 0.422. The average molecular weight is 382 g/mol. The lowest BCUT2D eigenvalue weighted by Gasteiger charge is -2.12. The molecule has 2 nitrogen and oxygen atoms in total. The zero-order valence-electron chi connectivity index (χ0n) is 14.3. The number of ether oxygens (including phenoxy) is 1. The Morgan fingerprint density at radius 1 is 1.08 bits per heavy atom. The van der Waals surface area contributed by atoms with E-state index in [0.717, 1.165) is 34.1 Å². The smallest absolute Gasteiger partial charge is 0.127 e. The predicted molar refractivity (Wildman–Crippen MR) is 110 cm³/mol. The second kappa shape index (κ2) is 8.27. The summed E-state index contributed by atoms with van der Waals surface area (Å²) in [5, 5.41) is 12.7. The molecule has 0 bridgehead atoms. The van der Waals surface area contributed by atoms with Crippen LogP contribution in [0.3, 0.4) is 0 Å². The number of allylic oxidation sites excluding steroid dienone is 1. The summed E-state index contributed by atoms with van der Waals surface area (Å²) in [6.45, 7) is 2.68. The van der Waals surface area contributed by atoms with E-state index >= 15 is 0 Å². The summed E-state index contributed by atoms with van der Waals surface area (Å²) in [6.07, 6.45) is 2.76. The van der Waals surface area contributed by atoms with Crippen molar-refractivity contribution in [1.29, 1.82) is 5.26 Å². The molecule has 26 heavy (non-hydrogen) atoms. The maximum Gasteiger partial charge on any atom is 0.127 e. The summed E-state index contributed by atoms with van der Waals surface area (Å²) in [5.41, 5.74) is 2.11. The van der Waals surface area contributed by atoms with Gasteiger partial charge in [-0.1, -0.05) is 66.5 Å². The first-order valence-corrected chi connectivity index (χ1v) is 9.11. The van der Waals surface area contributed by atoms with Crippen molar-refractivity contribution in [3.8, 4) is 11.8 Å². The Balaban J connectivity index is 2.19. The van der Waals surface area contributed by atoms with Crippen molar-refractivity contribution in [3.63, 3.8) is 0 Å². The summed E-state index contributed by atoms with van der Waals surface area (Å²) < 4.78 is 5.92. The summed E-state index contributed by atoms with van der Waals surface area (Å²) >= 11 is 12.1. The molecule has 0 aromatic heterocycles. The Bertz CT molecular complexity index is 1020. The lowest BCUT2D eigenvalue weighted by molar-refractivity contribution is 0.317. The van der Waals surface area contributed by atoms with E-state index in [1.54, 1.807) is 18.2 Å². The number of fused-ring (bicyclic) bond motifs is 1. The molecular weight excluding hydrogens is 365 g/mol. The van der Waals surface area contributed by atoms with Crippen LogP contribution in [0.15, 0.2) is 54.6 Å². The van der Waals surface area contributed by atoms with Crippen LogP contribution < -0.4 is 4.74 Å². The van der Waals surface area contributed by atoms with Gasteiger partial charge in [-0.2, -0.15) is 5.26 Å². The van der Waals surface area contributed by atoms with Gasteiger partial charge in [-0.3, -0.25) is 0 Å². The van der Waals surface area contributed by atoms with Crippen molar-refractivity contribution >= 4 is 45.6 Å². The minimum Gasteiger partial charge on any atom is -0.493 e. The molecule has 0 heterocycles. The summed E-state index contributed by atoms with van der Waals surface area (Å²) in [4.78, 5) is 0. The molecule has 0 aliphatic heterocycles. The number of halogens is 2. The molecule has 0 aliphatic carbocycles. The van der Waals surface area contributed by atoms with Crippen LogP contribution in [0.4, 0.5) is 0 Å². The average Bonchev–Trinajstić information content (AvgIpc) is 2.67. The third-order valence-corrected chi connectivity index (χ3v) is 4.77. The molecule has 3 rings (SSSR count). The number of hydrogen-bond acceptors (Lipinski definition) is 2. The van der Waals surface area contributed by atoms with Crippen LogP contribution in [0.5, 0.6) is 5.75 Å². The van der Waals surface area contributed by atoms with Crippen LogP contribution in [0, 0.1) is 11.3 Å². The second-order valence-corrected chi connectivity index (χ2v) is 6.66. The molecule has 3 aromatic carbocycles. The standard InChI is InChI=1S/C22H17Cl2NO/c1-2-11-26-22-10-8-15-5-3-4-6-18(15)19(22)12-17(14-25)16-7-9-20(23)21(24)13-16/h3-10,12-13H,2,11H2,1H3/b17-12+. The summed E-state index contributed by atoms with van der Waals surface area (Å²) in [6, 6.07) is 19.5. The molecule has 0 aliphatic rings. The van der Waals surface area contributed by atoms with Gasteiger partial charge in [-0.05, 0) is 47.0 Å². The second-order valence-electron chi connectivity index (χ2n) is 5.85. The first kappa shape index (κ1) is 18.3. The van der Waals surface area contributed by atoms with Crippen molar-refractivity contribution in [1.82, 2.24) is 0 Å². The molecular formula is C22H17Cl2NO. The molecule has 0 spiro atoms. The first-order valence-electron chi connectivity index (χ1n) is 8.35. The molecule has 0 fully saturated rings. The van der Waals surface area contributed by atoms with E-state index < -0.39 is 0 Å². The summed E-state index contributed by atoms with van der Waals surface area (Å²) in [5.74, 6) is 0.762. The zero-order valence-corrected chi connectivity index (χ0v) is 15.8. The molecule has 0 radical (unpaired) electrons. The molecule has 4 heteroatoms. The normalized spacial score (nSPS) is 11.4. The van der Waals surface area contributed by atoms with Crippen molar-refractivity contribution in [3.05, 3.63) is 75.8 Å². The van der Waals surface area contributed by atoms with Gasteiger partial charge in [-0.25, -0.2) is 0 Å². The molecule has 0 amide bonds. The highest BCUT2D eigenvalue weighted by molar-refractivity contribution is 6.42. The Hall–Kier alpha value is -2.47. The molecule has 0 atom stereocenters. The SMILES string of the molecule is CCCOc1ccc2ccccc2c1/C=C(\C#N)c1ccc(Cl)c(Cl)c1. The zero-order chi connectivity index (χ0) is 18.5. The lowest BCUT2D eigenvalue weighted by atomic mass is 9.98. The number of nitriles is 1. The largest absolute Gasteiger partial charge is 0.493 e. The first-order chi connectivity index (χ1) is 12.6. The fourth-order valence-corrected chi connectivity index (χ4v) is 3.05. The van der Waals surface area contributed by atoms with E-state index in [9.17, 15) is 5.26 Å². The van der Waals surface area contributed by atoms with Gasteiger partial charge in [0.1, 0.15) is 5.75 Å². The van der Waals surface area contributed by atoms with Crippen LogP contribution >= 0.6 is 23.2 Å². The van der Waals surface area contributed by atoms with Crippen molar-refractivity contribution in [2.24, 2.45) is 0 Å². The Labute approximate surface area is 163 Å².